The van der Waals surface area contributed by atoms with Crippen molar-refractivity contribution >= 4 is 39.5 Å². The van der Waals surface area contributed by atoms with Crippen LogP contribution in [0.3, 0.4) is 0 Å². The lowest BCUT2D eigenvalue weighted by molar-refractivity contribution is -0.161. The molecule has 3 N–H and O–H groups in total. The maximum Gasteiger partial charge on any atom is 0.472 e. The average molecular weight is 1480 g/mol. The molecule has 0 aliphatic rings. The smallest absolute Gasteiger partial charge is 0.462 e. The minimum absolute atomic E-state index is 0.106. The predicted molar refractivity (Wildman–Crippen MR) is 414 cm³/mol. The van der Waals surface area contributed by atoms with Crippen molar-refractivity contribution in [1.29, 1.82) is 0 Å². The molecule has 0 heterocycles. The van der Waals surface area contributed by atoms with Crippen LogP contribution in [0.1, 0.15) is 427 Å². The van der Waals surface area contributed by atoms with Gasteiger partial charge in [-0.05, 0) is 43.4 Å². The second-order valence-corrected chi connectivity index (χ2v) is 33.8. The van der Waals surface area contributed by atoms with Crippen molar-refractivity contribution in [3.8, 4) is 0 Å². The van der Waals surface area contributed by atoms with Crippen LogP contribution in [0.25, 0.3) is 0 Å². The second-order valence-electron chi connectivity index (χ2n) is 30.9. The standard InChI is InChI=1S/C82H160O17P2/c1-8-9-10-11-12-13-14-15-16-17-18-19-20-25-31-36-43-51-58-65-81(86)98-77(69-92-79(84)63-56-49-42-35-30-24-22-21-23-28-33-39-46-53-60-73(2)3)71-96-100(88,89)94-67-76(83)68-95-101(90,91)97-72-78(70-93-80(85)64-57-50-45-38-41-48-55-62-75(6)7)99-82(87)66-59-52-44-37-32-27-26-29-34-40-47-54-61-74(4)5/h73-78,83H,8-72H2,1-7H3,(H,88,89)(H,90,91)/t76-,77-,78-/m1/s1. The molecule has 0 radical (unpaired) electrons. The molecule has 0 aromatic carbocycles. The molecule has 0 aromatic heterocycles. The molecule has 5 atom stereocenters. The lowest BCUT2D eigenvalue weighted by Gasteiger charge is -2.21. The third kappa shape index (κ3) is 76.1. The van der Waals surface area contributed by atoms with E-state index in [4.69, 9.17) is 37.0 Å². The van der Waals surface area contributed by atoms with Crippen LogP contribution in [-0.4, -0.2) is 96.7 Å². The Morgan fingerprint density at radius 2 is 0.455 bits per heavy atom. The Bertz CT molecular complexity index is 1960. The van der Waals surface area contributed by atoms with Crippen LogP contribution in [-0.2, 0) is 65.4 Å². The molecule has 0 spiro atoms. The van der Waals surface area contributed by atoms with E-state index in [1.807, 2.05) is 0 Å². The molecule has 19 heteroatoms. The summed E-state index contributed by atoms with van der Waals surface area (Å²) in [5.41, 5.74) is 0. The van der Waals surface area contributed by atoms with Gasteiger partial charge < -0.3 is 33.8 Å². The van der Waals surface area contributed by atoms with Gasteiger partial charge in [-0.25, -0.2) is 9.13 Å². The third-order valence-corrected chi connectivity index (χ3v) is 21.0. The molecule has 0 rings (SSSR count). The fraction of sp³-hybridized carbons (Fsp3) is 0.951. The van der Waals surface area contributed by atoms with E-state index in [0.29, 0.717) is 31.6 Å². The topological polar surface area (TPSA) is 237 Å². The van der Waals surface area contributed by atoms with Gasteiger partial charge in [-0.1, -0.05) is 376 Å². The van der Waals surface area contributed by atoms with Gasteiger partial charge in [0.2, 0.25) is 0 Å². The van der Waals surface area contributed by atoms with E-state index in [0.717, 1.165) is 108 Å². The molecule has 101 heavy (non-hydrogen) atoms. The zero-order chi connectivity index (χ0) is 74.4. The summed E-state index contributed by atoms with van der Waals surface area (Å²) in [4.78, 5) is 73.1. The molecule has 0 fully saturated rings. The van der Waals surface area contributed by atoms with E-state index in [1.54, 1.807) is 0 Å². The summed E-state index contributed by atoms with van der Waals surface area (Å²) in [6.07, 6.45) is 61.1. The minimum Gasteiger partial charge on any atom is -0.462 e. The molecule has 600 valence electrons. The Morgan fingerprint density at radius 3 is 0.673 bits per heavy atom. The van der Waals surface area contributed by atoms with E-state index >= 15 is 0 Å². The highest BCUT2D eigenvalue weighted by Gasteiger charge is 2.30. The number of unbranched alkanes of at least 4 members (excludes halogenated alkanes) is 48. The van der Waals surface area contributed by atoms with Crippen LogP contribution in [0.15, 0.2) is 0 Å². The summed E-state index contributed by atoms with van der Waals surface area (Å²) in [7, 11) is -9.92. The van der Waals surface area contributed by atoms with Crippen molar-refractivity contribution in [1.82, 2.24) is 0 Å². The van der Waals surface area contributed by atoms with Crippen molar-refractivity contribution in [3.63, 3.8) is 0 Å². The first-order valence-electron chi connectivity index (χ1n) is 42.3. The number of rotatable bonds is 80. The molecule has 0 aliphatic carbocycles. The summed E-state index contributed by atoms with van der Waals surface area (Å²) >= 11 is 0. The highest BCUT2D eigenvalue weighted by molar-refractivity contribution is 7.47. The first kappa shape index (κ1) is 99.1. The van der Waals surface area contributed by atoms with Gasteiger partial charge in [-0.2, -0.15) is 0 Å². The number of hydrogen-bond acceptors (Lipinski definition) is 15. The summed E-state index contributed by atoms with van der Waals surface area (Å²) in [5, 5.41) is 10.6. The molecule has 17 nitrogen and oxygen atoms in total. The van der Waals surface area contributed by atoms with Crippen molar-refractivity contribution in [2.75, 3.05) is 39.6 Å². The number of hydrogen-bond donors (Lipinski definition) is 3. The lowest BCUT2D eigenvalue weighted by atomic mass is 10.0. The van der Waals surface area contributed by atoms with Crippen molar-refractivity contribution in [2.24, 2.45) is 17.8 Å². The largest absolute Gasteiger partial charge is 0.472 e. The Hall–Kier alpha value is -1.94. The van der Waals surface area contributed by atoms with Crippen molar-refractivity contribution in [2.45, 2.75) is 446 Å². The average Bonchev–Trinajstić information content (AvgIpc) is 0.964. The predicted octanol–water partition coefficient (Wildman–Crippen LogP) is 24.5. The summed E-state index contributed by atoms with van der Waals surface area (Å²) in [5.74, 6) is 0.171. The fourth-order valence-corrected chi connectivity index (χ4v) is 14.2. The number of aliphatic hydroxyl groups excluding tert-OH is 1. The Kier molecular flexibility index (Phi) is 70.9. The highest BCUT2D eigenvalue weighted by atomic mass is 31.2. The van der Waals surface area contributed by atoms with E-state index in [9.17, 15) is 43.2 Å². The van der Waals surface area contributed by atoms with Crippen LogP contribution in [0.5, 0.6) is 0 Å². The monoisotopic (exact) mass is 1480 g/mol. The molecular weight excluding hydrogens is 1320 g/mol. The van der Waals surface area contributed by atoms with Crippen LogP contribution < -0.4 is 0 Å². The number of aliphatic hydroxyl groups is 1. The van der Waals surface area contributed by atoms with E-state index in [1.165, 1.54) is 231 Å². The lowest BCUT2D eigenvalue weighted by Crippen LogP contribution is -2.30. The number of carbonyl (C=O) groups excluding carboxylic acids is 4. The zero-order valence-electron chi connectivity index (χ0n) is 66.4. The Balaban J connectivity index is 5.24. The fourth-order valence-electron chi connectivity index (χ4n) is 12.7. The molecule has 0 aliphatic heterocycles. The molecule has 0 aromatic rings. The molecule has 0 saturated heterocycles. The number of phosphoric acid groups is 2. The third-order valence-electron chi connectivity index (χ3n) is 19.1. The van der Waals surface area contributed by atoms with Crippen LogP contribution in [0, 0.1) is 17.8 Å². The number of phosphoric ester groups is 2. The highest BCUT2D eigenvalue weighted by Crippen LogP contribution is 2.45. The van der Waals surface area contributed by atoms with Gasteiger partial charge in [-0.15, -0.1) is 0 Å². The SMILES string of the molecule is CCCCCCCCCCCCCCCCCCCCCC(=O)O[C@H](COC(=O)CCCCCCCCCCCCCCCCC(C)C)COP(=O)(O)OC[C@@H](O)COP(=O)(O)OC[C@@H](COC(=O)CCCCCCCCCC(C)C)OC(=O)CCCCCCCCCCCCCCC(C)C. The van der Waals surface area contributed by atoms with E-state index in [-0.39, 0.29) is 25.7 Å². The van der Waals surface area contributed by atoms with Gasteiger partial charge in [0, 0.05) is 25.7 Å². The maximum absolute atomic E-state index is 13.1. The van der Waals surface area contributed by atoms with Gasteiger partial charge in [0.05, 0.1) is 26.4 Å². The Morgan fingerprint density at radius 1 is 0.267 bits per heavy atom. The second kappa shape index (κ2) is 72.3. The summed E-state index contributed by atoms with van der Waals surface area (Å²) < 4.78 is 68.8. The molecule has 2 unspecified atom stereocenters. The van der Waals surface area contributed by atoms with Crippen LogP contribution in [0.2, 0.25) is 0 Å². The van der Waals surface area contributed by atoms with Crippen LogP contribution >= 0.6 is 15.6 Å². The quantitative estimate of drug-likeness (QED) is 0.0222. The van der Waals surface area contributed by atoms with Crippen molar-refractivity contribution < 1.29 is 80.2 Å². The number of ether oxygens (including phenoxy) is 4. The Labute approximate surface area is 619 Å². The van der Waals surface area contributed by atoms with Crippen LogP contribution in [0.4, 0.5) is 0 Å². The molecular formula is C82H160O17P2. The molecule has 0 amide bonds. The van der Waals surface area contributed by atoms with Gasteiger partial charge in [0.25, 0.3) is 0 Å². The number of carbonyl (C=O) groups is 4. The molecule has 0 bridgehead atoms. The van der Waals surface area contributed by atoms with E-state index in [2.05, 4.69) is 48.5 Å². The summed E-state index contributed by atoms with van der Waals surface area (Å²) in [6, 6.07) is 0. The maximum atomic E-state index is 13.1. The summed E-state index contributed by atoms with van der Waals surface area (Å²) in [6.45, 7) is 11.9. The zero-order valence-corrected chi connectivity index (χ0v) is 68.2. The molecule has 0 saturated carbocycles. The van der Waals surface area contributed by atoms with Crippen molar-refractivity contribution in [3.05, 3.63) is 0 Å². The van der Waals surface area contributed by atoms with Gasteiger partial charge >= 0.3 is 39.5 Å². The number of esters is 4. The van der Waals surface area contributed by atoms with Gasteiger partial charge in [0.15, 0.2) is 12.2 Å². The first-order valence-corrected chi connectivity index (χ1v) is 45.3. The van der Waals surface area contributed by atoms with Gasteiger partial charge in [0.1, 0.15) is 19.3 Å². The van der Waals surface area contributed by atoms with E-state index < -0.39 is 97.5 Å². The normalized spacial score (nSPS) is 14.0. The first-order chi connectivity index (χ1) is 48.7. The minimum atomic E-state index is -4.96. The van der Waals surface area contributed by atoms with Gasteiger partial charge in [-0.3, -0.25) is 37.3 Å².